The maximum atomic E-state index is 13.4. The average molecular weight is 597 g/mol. The molecule has 0 bridgehead atoms. The molecule has 1 unspecified atom stereocenters. The fraction of sp³-hybridized carbons (Fsp3) is 0.500. The van der Waals surface area contributed by atoms with Gasteiger partial charge < -0.3 is 15.1 Å². The molecule has 2 aromatic rings. The smallest absolute Gasteiger partial charge is 0.229 e. The van der Waals surface area contributed by atoms with Crippen molar-refractivity contribution in [2.24, 2.45) is 11.3 Å². The Bertz CT molecular complexity index is 1040. The van der Waals surface area contributed by atoms with Crippen molar-refractivity contribution in [3.63, 3.8) is 0 Å². The summed E-state index contributed by atoms with van der Waals surface area (Å²) >= 11 is 9.71. The number of rotatable bonds is 8. The minimum absolute atomic E-state index is 0. The van der Waals surface area contributed by atoms with Gasteiger partial charge in [-0.15, -0.1) is 12.4 Å². The zero-order valence-corrected chi connectivity index (χ0v) is 24.2. The Kier molecular flexibility index (Phi) is 10.3. The summed E-state index contributed by atoms with van der Waals surface area (Å²) in [5.41, 5.74) is 2.01. The van der Waals surface area contributed by atoms with Crippen molar-refractivity contribution in [2.75, 3.05) is 26.2 Å². The molecule has 2 saturated heterocycles. The topological polar surface area (TPSA) is 52.7 Å². The molecule has 0 aliphatic carbocycles. The summed E-state index contributed by atoms with van der Waals surface area (Å²) in [6.07, 6.45) is 3.58. The van der Waals surface area contributed by atoms with Crippen LogP contribution in [0.25, 0.3) is 0 Å². The van der Waals surface area contributed by atoms with Crippen LogP contribution in [0.15, 0.2) is 53.0 Å². The monoisotopic (exact) mass is 595 g/mol. The normalized spacial score (nSPS) is 18.4. The van der Waals surface area contributed by atoms with Crippen LogP contribution in [-0.4, -0.2) is 47.8 Å². The summed E-state index contributed by atoms with van der Waals surface area (Å²) in [4.78, 5) is 30.3. The highest BCUT2D eigenvalue weighted by Gasteiger charge is 2.47. The molecule has 2 amide bonds. The van der Waals surface area contributed by atoms with Crippen LogP contribution < -0.4 is 5.32 Å². The highest BCUT2D eigenvalue weighted by atomic mass is 79.9. The van der Waals surface area contributed by atoms with Crippen LogP contribution in [0.4, 0.5) is 0 Å². The first-order valence-corrected chi connectivity index (χ1v) is 13.7. The lowest BCUT2D eigenvalue weighted by atomic mass is 9.77. The molecule has 0 aromatic heterocycles. The van der Waals surface area contributed by atoms with E-state index in [2.05, 4.69) is 38.3 Å². The molecule has 2 aliphatic heterocycles. The van der Waals surface area contributed by atoms with Gasteiger partial charge in [-0.3, -0.25) is 9.59 Å². The van der Waals surface area contributed by atoms with Crippen molar-refractivity contribution < 1.29 is 9.59 Å². The minimum Gasteiger partial charge on any atom is -0.349 e. The van der Waals surface area contributed by atoms with Crippen molar-refractivity contribution in [2.45, 2.75) is 52.1 Å². The summed E-state index contributed by atoms with van der Waals surface area (Å²) < 4.78 is 1.05. The largest absolute Gasteiger partial charge is 0.349 e. The summed E-state index contributed by atoms with van der Waals surface area (Å²) in [6.45, 7) is 8.06. The number of benzene rings is 2. The van der Waals surface area contributed by atoms with Gasteiger partial charge in [0.15, 0.2) is 0 Å². The molecule has 1 N–H and O–H groups in total. The van der Waals surface area contributed by atoms with E-state index in [0.29, 0.717) is 17.5 Å². The van der Waals surface area contributed by atoms with Crippen LogP contribution in [0, 0.1) is 11.3 Å². The summed E-state index contributed by atoms with van der Waals surface area (Å²) in [7, 11) is 0. The third-order valence-corrected chi connectivity index (χ3v) is 8.29. The number of amides is 2. The van der Waals surface area contributed by atoms with Gasteiger partial charge in [0.05, 0.1) is 11.5 Å². The molecule has 1 atom stereocenters. The van der Waals surface area contributed by atoms with Crippen LogP contribution in [0.1, 0.15) is 56.7 Å². The minimum atomic E-state index is -0.204. The fourth-order valence-corrected chi connectivity index (χ4v) is 5.68. The predicted octanol–water partition coefficient (Wildman–Crippen LogP) is 6.24. The number of nitrogens with one attached hydrogen (secondary N) is 1. The number of nitrogens with zero attached hydrogens (tertiary/aromatic N) is 2. The van der Waals surface area contributed by atoms with Gasteiger partial charge in [0.25, 0.3) is 0 Å². The molecule has 4 rings (SSSR count). The van der Waals surface area contributed by atoms with Crippen LogP contribution in [0.2, 0.25) is 5.02 Å². The molecule has 8 heteroatoms. The molecule has 2 aliphatic rings. The first-order valence-electron chi connectivity index (χ1n) is 12.6. The first kappa shape index (κ1) is 29.0. The lowest BCUT2D eigenvalue weighted by molar-refractivity contribution is -0.139. The first-order chi connectivity index (χ1) is 16.8. The Morgan fingerprint density at radius 3 is 2.39 bits per heavy atom. The van der Waals surface area contributed by atoms with E-state index in [1.165, 1.54) is 5.56 Å². The van der Waals surface area contributed by atoms with Crippen LogP contribution in [0.3, 0.4) is 0 Å². The van der Waals surface area contributed by atoms with Gasteiger partial charge in [-0.25, -0.2) is 0 Å². The van der Waals surface area contributed by atoms with E-state index in [9.17, 15) is 9.59 Å². The third-order valence-electron chi connectivity index (χ3n) is 7.53. The highest BCUT2D eigenvalue weighted by Crippen LogP contribution is 2.42. The van der Waals surface area contributed by atoms with Gasteiger partial charge in [0, 0.05) is 35.0 Å². The van der Waals surface area contributed by atoms with Gasteiger partial charge in [-0.05, 0) is 74.2 Å². The van der Waals surface area contributed by atoms with Gasteiger partial charge in [-0.2, -0.15) is 0 Å². The zero-order chi connectivity index (χ0) is 25.0. The molecule has 2 fully saturated rings. The lowest BCUT2D eigenvalue weighted by Gasteiger charge is -2.38. The van der Waals surface area contributed by atoms with E-state index in [0.717, 1.165) is 61.9 Å². The molecule has 2 heterocycles. The van der Waals surface area contributed by atoms with Crippen LogP contribution >= 0.6 is 39.9 Å². The maximum Gasteiger partial charge on any atom is 0.229 e. The summed E-state index contributed by atoms with van der Waals surface area (Å²) in [6, 6.07) is 15.9. The number of likely N-dealkylation sites (tertiary alicyclic amines) is 2. The predicted molar refractivity (Wildman–Crippen MR) is 151 cm³/mol. The van der Waals surface area contributed by atoms with Crippen molar-refractivity contribution in [3.8, 4) is 0 Å². The second-order valence-corrected chi connectivity index (χ2v) is 11.6. The summed E-state index contributed by atoms with van der Waals surface area (Å²) in [5.74, 6) is 0.302. The molecule has 1 spiro atoms. The standard InChI is InChI=1S/C28H35BrClN3O2.ClH/c1-20(2)26(34)31-25(22-4-3-5-24(30)18-22)10-14-32-15-11-28(12-16-32)13-17-33(27(28)35)19-21-6-8-23(29)9-7-21;/h3-9,18,20,25H,10-17,19H2,1-2H3,(H,31,34);1H. The van der Waals surface area contributed by atoms with Crippen LogP contribution in [-0.2, 0) is 16.1 Å². The number of hydrogen-bond acceptors (Lipinski definition) is 3. The van der Waals surface area contributed by atoms with E-state index in [1.807, 2.05) is 55.1 Å². The molecular formula is C28H36BrCl2N3O2. The number of carbonyl (C=O) groups excluding carboxylic acids is 2. The molecule has 36 heavy (non-hydrogen) atoms. The van der Waals surface area contributed by atoms with Gasteiger partial charge in [0.2, 0.25) is 11.8 Å². The van der Waals surface area contributed by atoms with Crippen LogP contribution in [0.5, 0.6) is 0 Å². The summed E-state index contributed by atoms with van der Waals surface area (Å²) in [5, 5.41) is 3.88. The van der Waals surface area contributed by atoms with Crippen molar-refractivity contribution in [1.82, 2.24) is 15.1 Å². The van der Waals surface area contributed by atoms with Crippen molar-refractivity contribution in [3.05, 3.63) is 69.2 Å². The Morgan fingerprint density at radius 1 is 1.08 bits per heavy atom. The Labute approximate surface area is 234 Å². The molecule has 196 valence electrons. The Balaban J connectivity index is 0.00000361. The van der Waals surface area contributed by atoms with Crippen molar-refractivity contribution in [1.29, 1.82) is 0 Å². The van der Waals surface area contributed by atoms with E-state index >= 15 is 0 Å². The van der Waals surface area contributed by atoms with Crippen molar-refractivity contribution >= 4 is 51.8 Å². The molecule has 0 radical (unpaired) electrons. The second kappa shape index (κ2) is 12.8. The second-order valence-electron chi connectivity index (χ2n) is 10.3. The highest BCUT2D eigenvalue weighted by molar-refractivity contribution is 9.10. The SMILES string of the molecule is CC(C)C(=O)NC(CCN1CCC2(CC1)CCN(Cc1ccc(Br)cc1)C2=O)c1cccc(Cl)c1.Cl. The number of piperidine rings is 1. The third kappa shape index (κ3) is 7.03. The van der Waals surface area contributed by atoms with E-state index in [4.69, 9.17) is 11.6 Å². The zero-order valence-electron chi connectivity index (χ0n) is 21.0. The average Bonchev–Trinajstić information content (AvgIpc) is 3.13. The number of hydrogen-bond donors (Lipinski definition) is 1. The Morgan fingerprint density at radius 2 is 1.75 bits per heavy atom. The van der Waals surface area contributed by atoms with Gasteiger partial charge >= 0.3 is 0 Å². The maximum absolute atomic E-state index is 13.4. The molecule has 5 nitrogen and oxygen atoms in total. The number of carbonyl (C=O) groups is 2. The van der Waals surface area contributed by atoms with E-state index in [1.54, 1.807) is 0 Å². The van der Waals surface area contributed by atoms with E-state index in [-0.39, 0.29) is 35.7 Å². The molecule has 0 saturated carbocycles. The van der Waals surface area contributed by atoms with E-state index < -0.39 is 0 Å². The lowest BCUT2D eigenvalue weighted by Crippen LogP contribution is -2.45. The quantitative estimate of drug-likeness (QED) is 0.392. The number of halogens is 3. The molecular weight excluding hydrogens is 561 g/mol. The molecule has 2 aromatic carbocycles. The fourth-order valence-electron chi connectivity index (χ4n) is 5.22. The van der Waals surface area contributed by atoms with Gasteiger partial charge in [0.1, 0.15) is 0 Å². The Hall–Kier alpha value is -1.60. The van der Waals surface area contributed by atoms with Gasteiger partial charge in [-0.1, -0.05) is 65.6 Å².